The summed E-state index contributed by atoms with van der Waals surface area (Å²) in [6.07, 6.45) is 2.17. The zero-order valence-electron chi connectivity index (χ0n) is 7.45. The number of para-hydroxylation sites is 1. The van der Waals surface area contributed by atoms with Crippen LogP contribution in [0.1, 0.15) is 0 Å². The van der Waals surface area contributed by atoms with E-state index in [1.54, 1.807) is 6.44 Å². The van der Waals surface area contributed by atoms with Gasteiger partial charge in [-0.1, -0.05) is 0 Å². The minimum atomic E-state index is -0.0569. The molecule has 0 unspecified atom stereocenters. The molecule has 70 valence electrons. The van der Waals surface area contributed by atoms with E-state index in [0.717, 1.165) is 0 Å². The minimum absolute atomic E-state index is 0. The van der Waals surface area contributed by atoms with Crippen LogP contribution in [-0.4, -0.2) is 26.7 Å². The van der Waals surface area contributed by atoms with Crippen LogP contribution in [0.3, 0.4) is 0 Å². The second-order valence-corrected chi connectivity index (χ2v) is 7.14. The first-order valence-corrected chi connectivity index (χ1v) is 7.30. The quantitative estimate of drug-likeness (QED) is 0.235. The van der Waals surface area contributed by atoms with Crippen molar-refractivity contribution in [3.8, 4) is 0 Å². The van der Waals surface area contributed by atoms with Crippen LogP contribution in [0.15, 0.2) is 27.3 Å². The molecule has 0 aliphatic rings. The summed E-state index contributed by atoms with van der Waals surface area (Å²) in [4.78, 5) is 0. The Labute approximate surface area is 109 Å². The Morgan fingerprint density at radius 2 is 2.00 bits per heavy atom. The van der Waals surface area contributed by atoms with Gasteiger partial charge in [0.2, 0.25) is 0 Å². The van der Waals surface area contributed by atoms with Crippen LogP contribution in [0.5, 0.6) is 0 Å². The van der Waals surface area contributed by atoms with E-state index in [1.165, 1.54) is 5.52 Å². The average Bonchev–Trinajstić information content (AvgIpc) is 2.44. The molecule has 0 radical (unpaired) electrons. The molecule has 0 aliphatic carbocycles. The van der Waals surface area contributed by atoms with Crippen molar-refractivity contribution in [3.63, 3.8) is 0 Å². The monoisotopic (exact) mass is 421 g/mol. The van der Waals surface area contributed by atoms with Crippen molar-refractivity contribution in [2.24, 2.45) is 7.05 Å². The Morgan fingerprint density at radius 3 is 2.62 bits per heavy atom. The van der Waals surface area contributed by atoms with Gasteiger partial charge in [0, 0.05) is 0 Å². The molecule has 0 fully saturated rings. The fourth-order valence-corrected chi connectivity index (χ4v) is 5.54. The summed E-state index contributed by atoms with van der Waals surface area (Å²) >= 11 is 1.84. The summed E-state index contributed by atoms with van der Waals surface area (Å²) < 4.78 is 5.48. The van der Waals surface area contributed by atoms with Crippen LogP contribution in [0.2, 0.25) is 0 Å². The Balaban J connectivity index is 0.000000845. The molecule has 1 heterocycles. The van der Waals surface area contributed by atoms with Gasteiger partial charge >= 0.3 is 86.3 Å². The van der Waals surface area contributed by atoms with Gasteiger partial charge in [0.15, 0.2) is 0 Å². The van der Waals surface area contributed by atoms with E-state index in [4.69, 9.17) is 0 Å². The van der Waals surface area contributed by atoms with Crippen LogP contribution in [-0.2, 0) is 7.05 Å². The Bertz CT molecular complexity index is 413. The maximum Gasteiger partial charge on any atom is -1.00 e. The SMILES string of the molecule is CSc1[te]c2ccccc2[n+]1C.[I-]. The number of halogens is 1. The van der Waals surface area contributed by atoms with Gasteiger partial charge < -0.3 is 24.0 Å². The Hall–Kier alpha value is 0.760. The normalized spacial score (nSPS) is 10.0. The third-order valence-corrected chi connectivity index (χ3v) is 7.37. The van der Waals surface area contributed by atoms with E-state index in [9.17, 15) is 0 Å². The molecule has 0 saturated heterocycles. The Morgan fingerprint density at radius 1 is 1.31 bits per heavy atom. The molecule has 1 aromatic heterocycles. The van der Waals surface area contributed by atoms with Gasteiger partial charge in [-0.25, -0.2) is 0 Å². The topological polar surface area (TPSA) is 3.88 Å². The summed E-state index contributed by atoms with van der Waals surface area (Å²) in [7, 11) is 2.17. The standard InChI is InChI=1S/C9H10NSTe.HI/c1-10-7-5-3-4-6-8(7)12-9(10)11-2;/h3-6H,1-2H3;1H/q+1;/p-1. The van der Waals surface area contributed by atoms with Gasteiger partial charge in [-0.05, 0) is 0 Å². The molecule has 1 nitrogen and oxygen atoms in total. The van der Waals surface area contributed by atoms with Gasteiger partial charge in [0.1, 0.15) is 0 Å². The third kappa shape index (κ3) is 2.23. The molecule has 0 N–H and O–H groups in total. The molecule has 0 aliphatic heterocycles. The fraction of sp³-hybridized carbons (Fsp3) is 0.222. The van der Waals surface area contributed by atoms with E-state index in [2.05, 4.69) is 42.1 Å². The Kier molecular flexibility index (Phi) is 4.56. The van der Waals surface area contributed by atoms with Crippen molar-refractivity contribution in [1.29, 1.82) is 0 Å². The maximum absolute atomic E-state index is 2.34. The van der Waals surface area contributed by atoms with E-state index in [1.807, 2.05) is 11.8 Å². The second kappa shape index (κ2) is 5.01. The number of rotatable bonds is 1. The van der Waals surface area contributed by atoms with Gasteiger partial charge in [-0.2, -0.15) is 0 Å². The van der Waals surface area contributed by atoms with Gasteiger partial charge in [0.25, 0.3) is 0 Å². The van der Waals surface area contributed by atoms with Gasteiger partial charge in [0.05, 0.1) is 0 Å². The summed E-state index contributed by atoms with van der Waals surface area (Å²) in [5.41, 5.74) is 1.42. The molecular formula is C9H10INSTe. The van der Waals surface area contributed by atoms with Crippen molar-refractivity contribution < 1.29 is 28.5 Å². The van der Waals surface area contributed by atoms with Gasteiger partial charge in [-0.3, -0.25) is 0 Å². The van der Waals surface area contributed by atoms with Crippen LogP contribution in [0.25, 0.3) is 8.92 Å². The first-order valence-electron chi connectivity index (χ1n) is 3.74. The predicted molar refractivity (Wildman–Crippen MR) is 53.8 cm³/mol. The first kappa shape index (κ1) is 11.8. The van der Waals surface area contributed by atoms with Crippen molar-refractivity contribution in [1.82, 2.24) is 0 Å². The van der Waals surface area contributed by atoms with Crippen LogP contribution >= 0.6 is 11.8 Å². The number of hydrogen-bond acceptors (Lipinski definition) is 1. The molecule has 0 saturated carbocycles. The molecule has 2 rings (SSSR count). The smallest absolute Gasteiger partial charge is 1.00 e. The third-order valence-electron chi connectivity index (χ3n) is 1.87. The zero-order chi connectivity index (χ0) is 8.55. The predicted octanol–water partition coefficient (Wildman–Crippen LogP) is -1.55. The average molecular weight is 419 g/mol. The van der Waals surface area contributed by atoms with Crippen molar-refractivity contribution >= 4 is 41.1 Å². The van der Waals surface area contributed by atoms with Crippen molar-refractivity contribution in [2.75, 3.05) is 6.26 Å². The van der Waals surface area contributed by atoms with Crippen LogP contribution in [0, 0.1) is 0 Å². The van der Waals surface area contributed by atoms with E-state index < -0.39 is 0 Å². The van der Waals surface area contributed by atoms with Crippen LogP contribution < -0.4 is 28.5 Å². The van der Waals surface area contributed by atoms with E-state index in [-0.39, 0.29) is 44.4 Å². The molecule has 0 spiro atoms. The molecule has 4 heteroatoms. The van der Waals surface area contributed by atoms with Gasteiger partial charge in [-0.15, -0.1) is 0 Å². The summed E-state index contributed by atoms with van der Waals surface area (Å²) in [6, 6.07) is 8.73. The van der Waals surface area contributed by atoms with Crippen molar-refractivity contribution in [2.45, 2.75) is 3.04 Å². The summed E-state index contributed by atoms with van der Waals surface area (Å²) in [5, 5.41) is 0. The number of fused-ring (bicyclic) bond motifs is 1. The number of benzene rings is 1. The number of hydrogen-bond donors (Lipinski definition) is 0. The van der Waals surface area contributed by atoms with Crippen molar-refractivity contribution in [3.05, 3.63) is 24.3 Å². The minimum Gasteiger partial charge on any atom is -1.00 e. The molecular weight excluding hydrogens is 409 g/mol. The second-order valence-electron chi connectivity index (χ2n) is 2.60. The molecule has 2 aromatic rings. The number of thioether (sulfide) groups is 1. The zero-order valence-corrected chi connectivity index (χ0v) is 12.8. The molecule has 0 atom stereocenters. The van der Waals surface area contributed by atoms with Crippen LogP contribution in [0.4, 0.5) is 0 Å². The molecule has 13 heavy (non-hydrogen) atoms. The largest absolute Gasteiger partial charge is 1.00 e. The molecule has 1 aromatic carbocycles. The number of aromatic nitrogens is 1. The van der Waals surface area contributed by atoms with E-state index >= 15 is 0 Å². The number of nitrogens with zero attached hydrogens (tertiary/aromatic N) is 1. The van der Waals surface area contributed by atoms with E-state index in [0.29, 0.717) is 0 Å². The molecule has 0 bridgehead atoms. The number of aryl methyl sites for hydroxylation is 1. The summed E-state index contributed by atoms with van der Waals surface area (Å²) in [5.74, 6) is 0. The summed E-state index contributed by atoms with van der Waals surface area (Å²) in [6.45, 7) is 0. The molecule has 0 amide bonds. The fourth-order valence-electron chi connectivity index (χ4n) is 1.26. The first-order chi connectivity index (χ1) is 5.83. The maximum atomic E-state index is 2.34.